The summed E-state index contributed by atoms with van der Waals surface area (Å²) in [4.78, 5) is 2.05. The predicted octanol–water partition coefficient (Wildman–Crippen LogP) is 3.51. The highest BCUT2D eigenvalue weighted by Crippen LogP contribution is 2.24. The summed E-state index contributed by atoms with van der Waals surface area (Å²) in [6.45, 7) is 2.52. The minimum Gasteiger partial charge on any atom is -0.508 e. The van der Waals surface area contributed by atoms with Crippen LogP contribution in [0.25, 0.3) is 11.5 Å². The second-order valence-electron chi connectivity index (χ2n) is 5.88. The van der Waals surface area contributed by atoms with Crippen LogP contribution in [0.4, 0.5) is 0 Å². The van der Waals surface area contributed by atoms with Crippen LogP contribution in [0.1, 0.15) is 30.0 Å². The SMILES string of the molecule is C[C@@H](c1cccc(O)c1)N(C)Cc1nnc(-c2cccc(C#N)c2)o1. The Morgan fingerprint density at radius 2 is 2.00 bits per heavy atom. The Labute approximate surface area is 146 Å². The standard InChI is InChI=1S/C19H18N4O2/c1-13(15-6-4-8-17(24)10-15)23(2)12-18-21-22-19(25-18)16-7-3-5-14(9-16)11-20/h3-10,13,24H,12H2,1-2H3/t13-/m0/s1. The molecule has 0 bridgehead atoms. The Balaban J connectivity index is 1.73. The maximum atomic E-state index is 9.62. The number of aromatic hydroxyl groups is 1. The quantitative estimate of drug-likeness (QED) is 0.768. The molecule has 0 unspecified atom stereocenters. The topological polar surface area (TPSA) is 86.2 Å². The monoisotopic (exact) mass is 334 g/mol. The van der Waals surface area contributed by atoms with E-state index in [1.54, 1.807) is 30.3 Å². The molecule has 2 aromatic carbocycles. The number of nitriles is 1. The van der Waals surface area contributed by atoms with Crippen molar-refractivity contribution in [2.45, 2.75) is 19.5 Å². The van der Waals surface area contributed by atoms with Gasteiger partial charge in [0.05, 0.1) is 18.2 Å². The molecule has 0 spiro atoms. The highest BCUT2D eigenvalue weighted by Gasteiger charge is 2.16. The van der Waals surface area contributed by atoms with Gasteiger partial charge in [-0.05, 0) is 49.9 Å². The van der Waals surface area contributed by atoms with Gasteiger partial charge < -0.3 is 9.52 Å². The van der Waals surface area contributed by atoms with Gasteiger partial charge in [0.15, 0.2) is 0 Å². The van der Waals surface area contributed by atoms with Gasteiger partial charge in [0, 0.05) is 11.6 Å². The molecular weight excluding hydrogens is 316 g/mol. The first-order valence-corrected chi connectivity index (χ1v) is 7.89. The van der Waals surface area contributed by atoms with E-state index in [4.69, 9.17) is 9.68 Å². The van der Waals surface area contributed by atoms with Crippen LogP contribution in [0.3, 0.4) is 0 Å². The van der Waals surface area contributed by atoms with Gasteiger partial charge in [-0.1, -0.05) is 18.2 Å². The first-order chi connectivity index (χ1) is 12.1. The van der Waals surface area contributed by atoms with E-state index in [1.165, 1.54) is 0 Å². The summed E-state index contributed by atoms with van der Waals surface area (Å²) >= 11 is 0. The second-order valence-corrected chi connectivity index (χ2v) is 5.88. The van der Waals surface area contributed by atoms with Crippen LogP contribution in [0.5, 0.6) is 5.75 Å². The summed E-state index contributed by atoms with van der Waals surface area (Å²) in [7, 11) is 1.95. The van der Waals surface area contributed by atoms with E-state index in [1.807, 2.05) is 32.2 Å². The van der Waals surface area contributed by atoms with Gasteiger partial charge in [-0.25, -0.2) is 0 Å². The number of benzene rings is 2. The molecule has 3 aromatic rings. The fourth-order valence-corrected chi connectivity index (χ4v) is 2.55. The molecule has 0 saturated carbocycles. The molecule has 0 aliphatic rings. The number of hydrogen-bond donors (Lipinski definition) is 1. The minimum atomic E-state index is 0.0735. The average molecular weight is 334 g/mol. The van der Waals surface area contributed by atoms with Gasteiger partial charge in [0.2, 0.25) is 11.8 Å². The Morgan fingerprint density at radius 3 is 2.76 bits per heavy atom. The van der Waals surface area contributed by atoms with E-state index in [9.17, 15) is 5.11 Å². The fraction of sp³-hybridized carbons (Fsp3) is 0.211. The highest BCUT2D eigenvalue weighted by molar-refractivity contribution is 5.55. The lowest BCUT2D eigenvalue weighted by molar-refractivity contribution is 0.228. The number of nitrogens with zero attached hydrogens (tertiary/aromatic N) is 4. The van der Waals surface area contributed by atoms with Gasteiger partial charge in [-0.15, -0.1) is 10.2 Å². The number of rotatable bonds is 5. The average Bonchev–Trinajstić information content (AvgIpc) is 3.09. The van der Waals surface area contributed by atoms with Gasteiger partial charge in [0.25, 0.3) is 0 Å². The van der Waals surface area contributed by atoms with Crippen LogP contribution < -0.4 is 0 Å². The lowest BCUT2D eigenvalue weighted by Gasteiger charge is -2.23. The third-order valence-electron chi connectivity index (χ3n) is 4.10. The Morgan fingerprint density at radius 1 is 1.20 bits per heavy atom. The molecule has 0 aliphatic heterocycles. The molecule has 0 aliphatic carbocycles. The summed E-state index contributed by atoms with van der Waals surface area (Å²) < 4.78 is 5.73. The summed E-state index contributed by atoms with van der Waals surface area (Å²) in [5.41, 5.74) is 2.28. The normalized spacial score (nSPS) is 12.1. The molecule has 0 saturated heterocycles. The summed E-state index contributed by atoms with van der Waals surface area (Å²) in [5, 5.41) is 26.8. The highest BCUT2D eigenvalue weighted by atomic mass is 16.4. The van der Waals surface area contributed by atoms with Gasteiger partial charge in [0.1, 0.15) is 5.75 Å². The van der Waals surface area contributed by atoms with Crippen LogP contribution in [0.15, 0.2) is 52.9 Å². The fourth-order valence-electron chi connectivity index (χ4n) is 2.55. The zero-order chi connectivity index (χ0) is 17.8. The van der Waals surface area contributed by atoms with Crippen molar-refractivity contribution in [1.29, 1.82) is 5.26 Å². The van der Waals surface area contributed by atoms with E-state index in [-0.39, 0.29) is 11.8 Å². The van der Waals surface area contributed by atoms with Crippen LogP contribution >= 0.6 is 0 Å². The van der Waals surface area contributed by atoms with Crippen LogP contribution in [-0.2, 0) is 6.54 Å². The molecule has 3 rings (SSSR count). The molecule has 6 heteroatoms. The van der Waals surface area contributed by atoms with E-state index >= 15 is 0 Å². The molecule has 1 heterocycles. The Bertz CT molecular complexity index is 914. The van der Waals surface area contributed by atoms with Crippen molar-refractivity contribution in [3.05, 3.63) is 65.5 Å². The van der Waals surface area contributed by atoms with E-state index in [2.05, 4.69) is 21.2 Å². The molecule has 0 radical (unpaired) electrons. The number of phenolic OH excluding ortho intramolecular Hbond substituents is 1. The van der Waals surface area contributed by atoms with Crippen LogP contribution in [-0.4, -0.2) is 27.3 Å². The molecule has 6 nitrogen and oxygen atoms in total. The third-order valence-corrected chi connectivity index (χ3v) is 4.10. The van der Waals surface area contributed by atoms with Crippen molar-refractivity contribution in [2.24, 2.45) is 0 Å². The van der Waals surface area contributed by atoms with Crippen molar-refractivity contribution in [3.63, 3.8) is 0 Å². The first-order valence-electron chi connectivity index (χ1n) is 7.89. The third kappa shape index (κ3) is 3.84. The maximum Gasteiger partial charge on any atom is 0.247 e. The van der Waals surface area contributed by atoms with Crippen molar-refractivity contribution in [3.8, 4) is 23.3 Å². The predicted molar refractivity (Wildman–Crippen MR) is 92.4 cm³/mol. The van der Waals surface area contributed by atoms with Crippen molar-refractivity contribution >= 4 is 0 Å². The van der Waals surface area contributed by atoms with Gasteiger partial charge in [-0.3, -0.25) is 4.90 Å². The van der Waals surface area contributed by atoms with E-state index < -0.39 is 0 Å². The maximum absolute atomic E-state index is 9.62. The van der Waals surface area contributed by atoms with Crippen molar-refractivity contribution in [2.75, 3.05) is 7.05 Å². The van der Waals surface area contributed by atoms with Gasteiger partial charge >= 0.3 is 0 Å². The number of phenols is 1. The van der Waals surface area contributed by atoms with Crippen LogP contribution in [0.2, 0.25) is 0 Å². The molecule has 1 aromatic heterocycles. The van der Waals surface area contributed by atoms with Crippen molar-refractivity contribution in [1.82, 2.24) is 15.1 Å². The number of hydrogen-bond acceptors (Lipinski definition) is 6. The molecule has 1 N–H and O–H groups in total. The molecule has 0 amide bonds. The molecule has 25 heavy (non-hydrogen) atoms. The van der Waals surface area contributed by atoms with Crippen molar-refractivity contribution < 1.29 is 9.52 Å². The Hall–Kier alpha value is -3.17. The lowest BCUT2D eigenvalue weighted by Crippen LogP contribution is -2.22. The molecule has 0 fully saturated rings. The van der Waals surface area contributed by atoms with E-state index in [0.717, 1.165) is 11.1 Å². The molecule has 126 valence electrons. The zero-order valence-electron chi connectivity index (χ0n) is 14.0. The molecular formula is C19H18N4O2. The largest absolute Gasteiger partial charge is 0.508 e. The smallest absolute Gasteiger partial charge is 0.247 e. The Kier molecular flexibility index (Phi) is 4.78. The minimum absolute atomic E-state index is 0.0735. The molecule has 1 atom stereocenters. The lowest BCUT2D eigenvalue weighted by atomic mass is 10.1. The first kappa shape index (κ1) is 16.7. The second kappa shape index (κ2) is 7.16. The van der Waals surface area contributed by atoms with E-state index in [0.29, 0.717) is 23.9 Å². The zero-order valence-corrected chi connectivity index (χ0v) is 14.0. The van der Waals surface area contributed by atoms with Crippen LogP contribution in [0, 0.1) is 11.3 Å². The summed E-state index contributed by atoms with van der Waals surface area (Å²) in [6.07, 6.45) is 0. The van der Waals surface area contributed by atoms with Gasteiger partial charge in [-0.2, -0.15) is 5.26 Å². The number of aromatic nitrogens is 2. The summed E-state index contributed by atoms with van der Waals surface area (Å²) in [6, 6.07) is 16.4. The summed E-state index contributed by atoms with van der Waals surface area (Å²) in [5.74, 6) is 1.13.